The highest BCUT2D eigenvalue weighted by molar-refractivity contribution is 6.39. The third-order valence-corrected chi connectivity index (χ3v) is 4.33. The average Bonchev–Trinajstić information content (AvgIpc) is 2.53. The minimum Gasteiger partial charge on any atom is -0.348 e. The number of piperidine rings is 1. The molecular weight excluding hydrogens is 290 g/mol. The number of nitrogens with zero attached hydrogens (tertiary/aromatic N) is 1. The first kappa shape index (κ1) is 17.5. The van der Waals surface area contributed by atoms with Gasteiger partial charge in [0.1, 0.15) is 0 Å². The molecule has 2 N–H and O–H groups in total. The largest absolute Gasteiger partial charge is 0.348 e. The normalized spacial score (nSPS) is 18.4. The first-order valence-electron chi connectivity index (χ1n) is 8.46. The van der Waals surface area contributed by atoms with Crippen LogP contribution in [0.25, 0.3) is 0 Å². The molecule has 0 aromatic heterocycles. The van der Waals surface area contributed by atoms with Gasteiger partial charge in [-0.25, -0.2) is 0 Å². The molecule has 1 aromatic rings. The molecule has 1 atom stereocenters. The van der Waals surface area contributed by atoms with Crippen LogP contribution in [0.1, 0.15) is 38.2 Å². The van der Waals surface area contributed by atoms with Crippen molar-refractivity contribution in [2.75, 3.05) is 25.0 Å². The fraction of sp³-hybridized carbons (Fsp3) is 0.556. The summed E-state index contributed by atoms with van der Waals surface area (Å²) in [6.07, 6.45) is 4.70. The van der Waals surface area contributed by atoms with Crippen molar-refractivity contribution in [2.24, 2.45) is 0 Å². The number of hydrogen-bond donors (Lipinski definition) is 2. The molecule has 23 heavy (non-hydrogen) atoms. The Labute approximate surface area is 138 Å². The molecule has 126 valence electrons. The van der Waals surface area contributed by atoms with E-state index in [-0.39, 0.29) is 0 Å². The minimum atomic E-state index is -0.609. The topological polar surface area (TPSA) is 61.4 Å². The lowest BCUT2D eigenvalue weighted by atomic mass is 10.0. The van der Waals surface area contributed by atoms with Crippen molar-refractivity contribution in [3.63, 3.8) is 0 Å². The van der Waals surface area contributed by atoms with E-state index in [1.165, 1.54) is 19.3 Å². The van der Waals surface area contributed by atoms with E-state index < -0.39 is 11.8 Å². The lowest BCUT2D eigenvalue weighted by Gasteiger charge is -2.33. The van der Waals surface area contributed by atoms with Gasteiger partial charge in [-0.3, -0.25) is 9.59 Å². The van der Waals surface area contributed by atoms with E-state index in [9.17, 15) is 9.59 Å². The van der Waals surface area contributed by atoms with E-state index in [4.69, 9.17) is 0 Å². The standard InChI is InChI=1S/C18H27N3O2/c1-14-7-5-9-16(13-14)20-18(23)17(22)19-10-6-12-21-11-4-3-8-15(21)2/h5,7,9,13,15H,3-4,6,8,10-12H2,1-2H3,(H,19,22)(H,20,23)/t15-/m0/s1. The molecule has 1 aliphatic rings. The van der Waals surface area contributed by atoms with Crippen LogP contribution >= 0.6 is 0 Å². The zero-order valence-electron chi connectivity index (χ0n) is 14.1. The van der Waals surface area contributed by atoms with Crippen LogP contribution in [0, 0.1) is 6.92 Å². The average molecular weight is 317 g/mol. The van der Waals surface area contributed by atoms with Crippen molar-refractivity contribution in [3.8, 4) is 0 Å². The molecule has 0 radical (unpaired) electrons. The van der Waals surface area contributed by atoms with Crippen LogP contribution in [0.15, 0.2) is 24.3 Å². The van der Waals surface area contributed by atoms with Gasteiger partial charge < -0.3 is 15.5 Å². The van der Waals surface area contributed by atoms with Crippen molar-refractivity contribution < 1.29 is 9.59 Å². The predicted octanol–water partition coefficient (Wildman–Crippen LogP) is 2.31. The van der Waals surface area contributed by atoms with E-state index in [0.717, 1.165) is 25.1 Å². The highest BCUT2D eigenvalue weighted by atomic mass is 16.2. The molecule has 1 aromatic carbocycles. The highest BCUT2D eigenvalue weighted by Gasteiger charge is 2.18. The maximum absolute atomic E-state index is 11.8. The van der Waals surface area contributed by atoms with Gasteiger partial charge in [-0.15, -0.1) is 0 Å². The molecule has 0 unspecified atom stereocenters. The van der Waals surface area contributed by atoms with Crippen LogP contribution in [-0.4, -0.2) is 42.4 Å². The van der Waals surface area contributed by atoms with E-state index >= 15 is 0 Å². The van der Waals surface area contributed by atoms with Crippen LogP contribution in [0.2, 0.25) is 0 Å². The van der Waals surface area contributed by atoms with Crippen molar-refractivity contribution >= 4 is 17.5 Å². The molecule has 0 bridgehead atoms. The first-order chi connectivity index (χ1) is 11.1. The van der Waals surface area contributed by atoms with E-state index in [0.29, 0.717) is 18.3 Å². The minimum absolute atomic E-state index is 0.531. The quantitative estimate of drug-likeness (QED) is 0.647. The molecule has 0 saturated carbocycles. The number of likely N-dealkylation sites (tertiary alicyclic amines) is 1. The van der Waals surface area contributed by atoms with Gasteiger partial charge in [-0.1, -0.05) is 18.6 Å². The lowest BCUT2D eigenvalue weighted by Crippen LogP contribution is -2.40. The molecule has 2 rings (SSSR count). The fourth-order valence-corrected chi connectivity index (χ4v) is 2.96. The van der Waals surface area contributed by atoms with Crippen molar-refractivity contribution in [1.29, 1.82) is 0 Å². The van der Waals surface area contributed by atoms with Gasteiger partial charge in [-0.2, -0.15) is 0 Å². The van der Waals surface area contributed by atoms with Gasteiger partial charge in [0.15, 0.2) is 0 Å². The molecule has 2 amide bonds. The SMILES string of the molecule is Cc1cccc(NC(=O)C(=O)NCCCN2CCCC[C@@H]2C)c1. The Kier molecular flexibility index (Phi) is 6.59. The zero-order valence-corrected chi connectivity index (χ0v) is 14.1. The van der Waals surface area contributed by atoms with E-state index in [1.54, 1.807) is 6.07 Å². The summed E-state index contributed by atoms with van der Waals surface area (Å²) in [5.74, 6) is -1.18. The zero-order chi connectivity index (χ0) is 16.7. The molecular formula is C18H27N3O2. The lowest BCUT2D eigenvalue weighted by molar-refractivity contribution is -0.136. The number of carbonyl (C=O) groups is 2. The van der Waals surface area contributed by atoms with Crippen LogP contribution < -0.4 is 10.6 Å². The molecule has 1 saturated heterocycles. The second-order valence-corrected chi connectivity index (χ2v) is 6.31. The summed E-state index contributed by atoms with van der Waals surface area (Å²) >= 11 is 0. The Bertz CT molecular complexity index is 545. The number of rotatable bonds is 5. The predicted molar refractivity (Wildman–Crippen MR) is 92.3 cm³/mol. The number of hydrogen-bond acceptors (Lipinski definition) is 3. The number of benzene rings is 1. The summed E-state index contributed by atoms with van der Waals surface area (Å²) in [7, 11) is 0. The van der Waals surface area contributed by atoms with Gasteiger partial charge in [0, 0.05) is 24.8 Å². The Hall–Kier alpha value is -1.88. The summed E-state index contributed by atoms with van der Waals surface area (Å²) < 4.78 is 0. The van der Waals surface area contributed by atoms with Gasteiger partial charge in [-0.05, 0) is 57.4 Å². The fourth-order valence-electron chi connectivity index (χ4n) is 2.96. The second kappa shape index (κ2) is 8.67. The Morgan fingerprint density at radius 2 is 2.09 bits per heavy atom. The van der Waals surface area contributed by atoms with Gasteiger partial charge in [0.05, 0.1) is 0 Å². The molecule has 0 aliphatic carbocycles. The Morgan fingerprint density at radius 1 is 1.26 bits per heavy atom. The maximum atomic E-state index is 11.8. The number of nitrogens with one attached hydrogen (secondary N) is 2. The molecule has 1 aliphatic heterocycles. The second-order valence-electron chi connectivity index (χ2n) is 6.31. The van der Waals surface area contributed by atoms with Crippen molar-refractivity contribution in [1.82, 2.24) is 10.2 Å². The van der Waals surface area contributed by atoms with Gasteiger partial charge in [0.25, 0.3) is 0 Å². The van der Waals surface area contributed by atoms with Crippen LogP contribution in [0.5, 0.6) is 0 Å². The molecule has 1 heterocycles. The van der Waals surface area contributed by atoms with Crippen LogP contribution in [0.4, 0.5) is 5.69 Å². The number of amides is 2. The third kappa shape index (κ3) is 5.67. The van der Waals surface area contributed by atoms with Crippen LogP contribution in [0.3, 0.4) is 0 Å². The van der Waals surface area contributed by atoms with Crippen LogP contribution in [-0.2, 0) is 9.59 Å². The van der Waals surface area contributed by atoms with E-state index in [2.05, 4.69) is 22.5 Å². The summed E-state index contributed by atoms with van der Waals surface area (Å²) in [6, 6.07) is 8.03. The smallest absolute Gasteiger partial charge is 0.313 e. The van der Waals surface area contributed by atoms with Crippen molar-refractivity contribution in [3.05, 3.63) is 29.8 Å². The number of carbonyl (C=O) groups excluding carboxylic acids is 2. The number of anilines is 1. The highest BCUT2D eigenvalue weighted by Crippen LogP contribution is 2.16. The first-order valence-corrected chi connectivity index (χ1v) is 8.46. The molecule has 1 fully saturated rings. The summed E-state index contributed by atoms with van der Waals surface area (Å²) in [6.45, 7) is 6.84. The maximum Gasteiger partial charge on any atom is 0.313 e. The monoisotopic (exact) mass is 317 g/mol. The van der Waals surface area contributed by atoms with Gasteiger partial charge in [0.2, 0.25) is 0 Å². The number of aryl methyl sites for hydroxylation is 1. The van der Waals surface area contributed by atoms with Crippen molar-refractivity contribution in [2.45, 2.75) is 45.6 Å². The molecule has 5 nitrogen and oxygen atoms in total. The molecule has 5 heteroatoms. The summed E-state index contributed by atoms with van der Waals surface area (Å²) in [4.78, 5) is 26.1. The Morgan fingerprint density at radius 3 is 2.83 bits per heavy atom. The summed E-state index contributed by atoms with van der Waals surface area (Å²) in [5.41, 5.74) is 1.69. The van der Waals surface area contributed by atoms with Gasteiger partial charge >= 0.3 is 11.8 Å². The Balaban J connectivity index is 1.67. The van der Waals surface area contributed by atoms with E-state index in [1.807, 2.05) is 25.1 Å². The third-order valence-electron chi connectivity index (χ3n) is 4.33. The molecule has 0 spiro atoms. The summed E-state index contributed by atoms with van der Waals surface area (Å²) in [5, 5.41) is 5.31.